The molecule has 6 rings (SSSR count). The lowest BCUT2D eigenvalue weighted by molar-refractivity contribution is -0.135. The van der Waals surface area contributed by atoms with E-state index in [1.807, 2.05) is 67.5 Å². The maximum absolute atomic E-state index is 13.2. The fourth-order valence-corrected chi connectivity index (χ4v) is 4.96. The van der Waals surface area contributed by atoms with E-state index in [0.29, 0.717) is 22.5 Å². The molecular weight excluding hydrogens is 472 g/mol. The zero-order chi connectivity index (χ0) is 25.8. The van der Waals surface area contributed by atoms with Crippen molar-refractivity contribution in [2.45, 2.75) is 12.3 Å². The van der Waals surface area contributed by atoms with Crippen LogP contribution in [0.4, 0.5) is 5.82 Å². The van der Waals surface area contributed by atoms with Crippen molar-refractivity contribution in [1.29, 1.82) is 0 Å². The molecular formula is C29H22N2O6. The Labute approximate surface area is 211 Å². The van der Waals surface area contributed by atoms with E-state index in [9.17, 15) is 19.8 Å². The molecule has 184 valence electrons. The lowest BCUT2D eigenvalue weighted by atomic mass is 9.84. The Morgan fingerprint density at radius 1 is 0.946 bits per heavy atom. The van der Waals surface area contributed by atoms with Crippen LogP contribution in [0.15, 0.2) is 75.9 Å². The second-order valence-corrected chi connectivity index (χ2v) is 9.20. The first-order valence-electron chi connectivity index (χ1n) is 11.7. The van der Waals surface area contributed by atoms with Gasteiger partial charge in [-0.2, -0.15) is 0 Å². The van der Waals surface area contributed by atoms with E-state index in [1.54, 1.807) is 12.1 Å². The molecule has 37 heavy (non-hydrogen) atoms. The van der Waals surface area contributed by atoms with Gasteiger partial charge in [0.1, 0.15) is 22.5 Å². The molecule has 3 aromatic carbocycles. The van der Waals surface area contributed by atoms with E-state index in [0.717, 1.165) is 10.9 Å². The van der Waals surface area contributed by atoms with Gasteiger partial charge in [-0.15, -0.1) is 0 Å². The molecule has 0 spiro atoms. The van der Waals surface area contributed by atoms with Gasteiger partial charge in [-0.25, -0.2) is 4.98 Å². The number of esters is 1. The van der Waals surface area contributed by atoms with Crippen molar-refractivity contribution in [3.8, 4) is 28.6 Å². The van der Waals surface area contributed by atoms with E-state index >= 15 is 0 Å². The van der Waals surface area contributed by atoms with E-state index in [4.69, 9.17) is 14.1 Å². The minimum Gasteiger partial charge on any atom is -0.504 e. The number of nitrogens with zero attached hydrogens (tertiary/aromatic N) is 2. The smallest absolute Gasteiger partial charge is 0.312 e. The van der Waals surface area contributed by atoms with Crippen LogP contribution in [-0.4, -0.2) is 35.3 Å². The number of phenols is 2. The molecule has 2 aromatic heterocycles. The number of benzene rings is 3. The second-order valence-electron chi connectivity index (χ2n) is 9.20. The summed E-state index contributed by atoms with van der Waals surface area (Å²) in [7, 11) is 3.70. The summed E-state index contributed by atoms with van der Waals surface area (Å²) < 4.78 is 11.7. The number of aromatic hydroxyl groups is 2. The number of hydrogen-bond acceptors (Lipinski definition) is 8. The number of rotatable bonds is 3. The Balaban J connectivity index is 1.72. The van der Waals surface area contributed by atoms with Crippen LogP contribution in [0.5, 0.6) is 17.2 Å². The van der Waals surface area contributed by atoms with Crippen molar-refractivity contribution in [3.05, 3.63) is 88.1 Å². The molecule has 0 amide bonds. The molecule has 8 heteroatoms. The third-order valence-electron chi connectivity index (χ3n) is 6.64. The largest absolute Gasteiger partial charge is 0.504 e. The number of phenolic OH excluding ortho intramolecular Hbond substituents is 2. The fourth-order valence-electron chi connectivity index (χ4n) is 4.96. The van der Waals surface area contributed by atoms with E-state index in [-0.39, 0.29) is 28.9 Å². The number of aromatic nitrogens is 1. The van der Waals surface area contributed by atoms with Crippen LogP contribution < -0.4 is 15.1 Å². The molecule has 0 unspecified atom stereocenters. The van der Waals surface area contributed by atoms with Crippen molar-refractivity contribution in [2.24, 2.45) is 0 Å². The maximum Gasteiger partial charge on any atom is 0.312 e. The van der Waals surface area contributed by atoms with Crippen LogP contribution in [0.25, 0.3) is 33.2 Å². The average molecular weight is 495 g/mol. The lowest BCUT2D eigenvalue weighted by Gasteiger charge is -2.29. The van der Waals surface area contributed by atoms with E-state index in [1.165, 1.54) is 6.07 Å². The average Bonchev–Trinajstić information content (AvgIpc) is 2.90. The molecule has 0 saturated carbocycles. The fraction of sp³-hybridized carbons (Fsp3) is 0.138. The molecule has 8 nitrogen and oxygen atoms in total. The van der Waals surface area contributed by atoms with Gasteiger partial charge >= 0.3 is 5.97 Å². The Kier molecular flexibility index (Phi) is 5.12. The standard InChI is InChI=1S/C29H22N2O6/c1-31(2)29-18(12-16-10-6-7-11-19(16)30-29)17-13-22(33)37-28-23(17)27-24(25(34)26(28)35)20(32)14-21(36-27)15-8-4-3-5-9-15/h3-12,14,17,34-35H,13H2,1-2H3/t17-/m0/s1. The number of para-hydroxylation sites is 1. The minimum absolute atomic E-state index is 0.0482. The van der Waals surface area contributed by atoms with Gasteiger partial charge in [0.15, 0.2) is 16.9 Å². The first-order chi connectivity index (χ1) is 17.8. The SMILES string of the molecule is CN(C)c1nc2ccccc2cc1[C@@H]1CC(=O)Oc2c(O)c(O)c3c(=O)cc(-c4ccccc4)oc3c21. The number of anilines is 1. The van der Waals surface area contributed by atoms with Gasteiger partial charge in [-0.05, 0) is 12.1 Å². The van der Waals surface area contributed by atoms with Crippen LogP contribution in [0.2, 0.25) is 0 Å². The number of hydrogen-bond donors (Lipinski definition) is 2. The molecule has 0 aliphatic carbocycles. The molecule has 2 N–H and O–H groups in total. The van der Waals surface area contributed by atoms with Gasteiger partial charge in [0, 0.05) is 42.6 Å². The molecule has 1 atom stereocenters. The molecule has 0 saturated heterocycles. The van der Waals surface area contributed by atoms with Crippen molar-refractivity contribution < 1.29 is 24.2 Å². The predicted octanol–water partition coefficient (Wildman–Crippen LogP) is 4.93. The molecule has 0 radical (unpaired) electrons. The van der Waals surface area contributed by atoms with Gasteiger partial charge in [0.2, 0.25) is 5.75 Å². The normalized spacial score (nSPS) is 15.0. The van der Waals surface area contributed by atoms with Crippen LogP contribution >= 0.6 is 0 Å². The van der Waals surface area contributed by atoms with Crippen molar-refractivity contribution in [3.63, 3.8) is 0 Å². The van der Waals surface area contributed by atoms with Crippen molar-refractivity contribution in [1.82, 2.24) is 4.98 Å². The quantitative estimate of drug-likeness (QED) is 0.206. The maximum atomic E-state index is 13.2. The third-order valence-corrected chi connectivity index (χ3v) is 6.64. The third kappa shape index (κ3) is 3.57. The summed E-state index contributed by atoms with van der Waals surface area (Å²) >= 11 is 0. The zero-order valence-corrected chi connectivity index (χ0v) is 20.1. The summed E-state index contributed by atoms with van der Waals surface area (Å²) in [4.78, 5) is 32.7. The molecule has 0 fully saturated rings. The number of fused-ring (bicyclic) bond motifs is 4. The number of pyridine rings is 1. The molecule has 0 bridgehead atoms. The highest BCUT2D eigenvalue weighted by molar-refractivity contribution is 5.97. The highest BCUT2D eigenvalue weighted by atomic mass is 16.5. The predicted molar refractivity (Wildman–Crippen MR) is 139 cm³/mol. The van der Waals surface area contributed by atoms with Crippen molar-refractivity contribution in [2.75, 3.05) is 19.0 Å². The summed E-state index contributed by atoms with van der Waals surface area (Å²) in [6.45, 7) is 0. The summed E-state index contributed by atoms with van der Waals surface area (Å²) in [6, 6.07) is 19.9. The molecule has 1 aliphatic heterocycles. The van der Waals surface area contributed by atoms with E-state index < -0.39 is 28.8 Å². The molecule has 1 aliphatic rings. The molecule has 5 aromatic rings. The Morgan fingerprint density at radius 3 is 2.43 bits per heavy atom. The van der Waals surface area contributed by atoms with Crippen molar-refractivity contribution >= 4 is 33.7 Å². The minimum atomic E-state index is -0.694. The summed E-state index contributed by atoms with van der Waals surface area (Å²) in [6.07, 6.45) is -0.0769. The monoisotopic (exact) mass is 494 g/mol. The van der Waals surface area contributed by atoms with Crippen LogP contribution in [0.3, 0.4) is 0 Å². The van der Waals surface area contributed by atoms with Gasteiger partial charge in [0.05, 0.1) is 17.5 Å². The van der Waals surface area contributed by atoms with Gasteiger partial charge in [-0.1, -0.05) is 48.5 Å². The Hall–Kier alpha value is -4.85. The summed E-state index contributed by atoms with van der Waals surface area (Å²) in [5, 5.41) is 22.3. The highest BCUT2D eigenvalue weighted by Gasteiger charge is 2.38. The Morgan fingerprint density at radius 2 is 1.68 bits per heavy atom. The van der Waals surface area contributed by atoms with Crippen LogP contribution in [0.1, 0.15) is 23.5 Å². The van der Waals surface area contributed by atoms with Gasteiger partial charge in [-0.3, -0.25) is 9.59 Å². The van der Waals surface area contributed by atoms with Crippen LogP contribution in [0, 0.1) is 0 Å². The summed E-state index contributed by atoms with van der Waals surface area (Å²) in [5.74, 6) is -1.96. The van der Waals surface area contributed by atoms with Crippen LogP contribution in [-0.2, 0) is 4.79 Å². The van der Waals surface area contributed by atoms with Gasteiger partial charge in [0.25, 0.3) is 0 Å². The number of carbonyl (C=O) groups is 1. The second kappa shape index (κ2) is 8.37. The number of ether oxygens (including phenoxy) is 1. The summed E-state index contributed by atoms with van der Waals surface area (Å²) in [5.41, 5.74) is 1.96. The zero-order valence-electron chi connectivity index (χ0n) is 20.1. The van der Waals surface area contributed by atoms with Gasteiger partial charge < -0.3 is 24.3 Å². The number of carbonyl (C=O) groups excluding carboxylic acids is 1. The topological polar surface area (TPSA) is 113 Å². The lowest BCUT2D eigenvalue weighted by Crippen LogP contribution is -2.24. The Bertz CT molecular complexity index is 1780. The highest BCUT2D eigenvalue weighted by Crippen LogP contribution is 2.53. The van der Waals surface area contributed by atoms with E-state index in [2.05, 4.69) is 0 Å². The first kappa shape index (κ1) is 22.6. The first-order valence-corrected chi connectivity index (χ1v) is 11.7. The molecule has 3 heterocycles.